The first-order chi connectivity index (χ1) is 8.81. The number of phenols is 1. The van der Waals surface area contributed by atoms with Crippen LogP contribution >= 0.6 is 0 Å². The second-order valence-corrected chi connectivity index (χ2v) is 4.29. The molecule has 0 unspecified atom stereocenters. The van der Waals surface area contributed by atoms with Crippen LogP contribution in [0.15, 0.2) is 28.9 Å². The summed E-state index contributed by atoms with van der Waals surface area (Å²) < 4.78 is 5.45. The van der Waals surface area contributed by atoms with Crippen LogP contribution in [0.1, 0.15) is 17.5 Å². The van der Waals surface area contributed by atoms with E-state index in [1.54, 1.807) is 12.3 Å². The van der Waals surface area contributed by atoms with Gasteiger partial charge in [-0.2, -0.15) is 5.26 Å². The van der Waals surface area contributed by atoms with E-state index < -0.39 is 0 Å². The Hall–Kier alpha value is -2.25. The number of phenolic OH excluding ortho intramolecular Hbond substituents is 1. The highest BCUT2D eigenvalue weighted by molar-refractivity contribution is 5.98. The highest BCUT2D eigenvalue weighted by atomic mass is 16.3. The first-order valence-corrected chi connectivity index (χ1v) is 5.84. The molecule has 4 heteroatoms. The minimum atomic E-state index is 0.152. The quantitative estimate of drug-likeness (QED) is 0.803. The second-order valence-electron chi connectivity index (χ2n) is 4.29. The van der Waals surface area contributed by atoms with Crippen molar-refractivity contribution in [3.63, 3.8) is 0 Å². The number of rotatable bonds is 1. The lowest BCUT2D eigenvalue weighted by Crippen LogP contribution is -2.21. The number of furan rings is 1. The molecular formula is C14H12N2O2. The number of aromatic hydroxyl groups is 1. The summed E-state index contributed by atoms with van der Waals surface area (Å²) in [6.45, 7) is 1.72. The van der Waals surface area contributed by atoms with Crippen LogP contribution in [0.3, 0.4) is 0 Å². The van der Waals surface area contributed by atoms with E-state index in [0.29, 0.717) is 16.5 Å². The van der Waals surface area contributed by atoms with Crippen molar-refractivity contribution in [3.8, 4) is 11.8 Å². The highest BCUT2D eigenvalue weighted by Crippen LogP contribution is 2.36. The molecule has 0 saturated carbocycles. The molecule has 0 radical (unpaired) electrons. The number of hydrogen-bond acceptors (Lipinski definition) is 4. The zero-order valence-electron chi connectivity index (χ0n) is 9.73. The molecule has 90 valence electrons. The molecule has 2 aromatic rings. The van der Waals surface area contributed by atoms with Crippen LogP contribution in [0.25, 0.3) is 16.5 Å². The van der Waals surface area contributed by atoms with Gasteiger partial charge in [0.25, 0.3) is 0 Å². The van der Waals surface area contributed by atoms with Crippen molar-refractivity contribution < 1.29 is 9.52 Å². The molecule has 0 amide bonds. The molecule has 2 heterocycles. The van der Waals surface area contributed by atoms with Gasteiger partial charge in [0.05, 0.1) is 17.2 Å². The van der Waals surface area contributed by atoms with Crippen molar-refractivity contribution in [1.82, 2.24) is 5.32 Å². The van der Waals surface area contributed by atoms with Gasteiger partial charge in [0.15, 0.2) is 5.58 Å². The molecule has 0 spiro atoms. The number of fused-ring (bicyclic) bond motifs is 1. The molecule has 0 bridgehead atoms. The van der Waals surface area contributed by atoms with Gasteiger partial charge in [-0.05, 0) is 30.7 Å². The van der Waals surface area contributed by atoms with E-state index in [1.165, 1.54) is 6.07 Å². The van der Waals surface area contributed by atoms with E-state index in [0.717, 1.165) is 30.6 Å². The largest absolute Gasteiger partial charge is 0.507 e. The fourth-order valence-corrected chi connectivity index (χ4v) is 2.30. The molecule has 0 atom stereocenters. The Morgan fingerprint density at radius 1 is 1.39 bits per heavy atom. The van der Waals surface area contributed by atoms with E-state index in [2.05, 4.69) is 17.5 Å². The minimum absolute atomic E-state index is 0.152. The van der Waals surface area contributed by atoms with Crippen molar-refractivity contribution in [1.29, 1.82) is 5.26 Å². The molecule has 0 saturated heterocycles. The molecule has 18 heavy (non-hydrogen) atoms. The molecule has 3 rings (SSSR count). The zero-order valence-corrected chi connectivity index (χ0v) is 9.73. The van der Waals surface area contributed by atoms with Crippen LogP contribution in [0.2, 0.25) is 0 Å². The third-order valence-electron chi connectivity index (χ3n) is 3.19. The molecule has 1 aromatic carbocycles. The number of benzene rings is 1. The molecule has 1 aliphatic heterocycles. The molecule has 4 nitrogen and oxygen atoms in total. The molecule has 0 aliphatic carbocycles. The summed E-state index contributed by atoms with van der Waals surface area (Å²) in [5.41, 5.74) is 2.87. The SMILES string of the molecule is N#Cc1ccc(O)c2c(C3=CCCNC3)coc12. The van der Waals surface area contributed by atoms with Gasteiger partial charge < -0.3 is 14.8 Å². The number of hydrogen-bond donors (Lipinski definition) is 2. The average Bonchev–Trinajstić information content (AvgIpc) is 2.86. The minimum Gasteiger partial charge on any atom is -0.507 e. The lowest BCUT2D eigenvalue weighted by atomic mass is 10.00. The average molecular weight is 240 g/mol. The van der Waals surface area contributed by atoms with Gasteiger partial charge in [0.1, 0.15) is 11.8 Å². The van der Waals surface area contributed by atoms with Gasteiger partial charge in [0, 0.05) is 12.1 Å². The van der Waals surface area contributed by atoms with Crippen LogP contribution in [-0.4, -0.2) is 18.2 Å². The number of nitriles is 1. The molecular weight excluding hydrogens is 228 g/mol. The van der Waals surface area contributed by atoms with Crippen LogP contribution in [0, 0.1) is 11.3 Å². The lowest BCUT2D eigenvalue weighted by molar-refractivity contribution is 0.481. The number of nitrogens with zero attached hydrogens (tertiary/aromatic N) is 1. The number of nitrogens with one attached hydrogen (secondary N) is 1. The molecule has 1 aliphatic rings. The van der Waals surface area contributed by atoms with Crippen LogP contribution < -0.4 is 5.32 Å². The fourth-order valence-electron chi connectivity index (χ4n) is 2.30. The molecule has 0 fully saturated rings. The van der Waals surface area contributed by atoms with Crippen molar-refractivity contribution in [3.05, 3.63) is 35.6 Å². The first kappa shape index (κ1) is 10.9. The van der Waals surface area contributed by atoms with Gasteiger partial charge in [-0.25, -0.2) is 0 Å². The molecule has 1 aromatic heterocycles. The fraction of sp³-hybridized carbons (Fsp3) is 0.214. The molecule has 2 N–H and O–H groups in total. The second kappa shape index (κ2) is 4.21. The smallest absolute Gasteiger partial charge is 0.155 e. The van der Waals surface area contributed by atoms with Gasteiger partial charge >= 0.3 is 0 Å². The third kappa shape index (κ3) is 1.57. The predicted octanol–water partition coefficient (Wildman–Crippen LogP) is 2.39. The van der Waals surface area contributed by atoms with E-state index in [4.69, 9.17) is 9.68 Å². The van der Waals surface area contributed by atoms with Gasteiger partial charge in [-0.1, -0.05) is 6.08 Å². The third-order valence-corrected chi connectivity index (χ3v) is 3.19. The Kier molecular flexibility index (Phi) is 2.54. The Morgan fingerprint density at radius 2 is 2.28 bits per heavy atom. The summed E-state index contributed by atoms with van der Waals surface area (Å²) in [4.78, 5) is 0. The van der Waals surface area contributed by atoms with Crippen molar-refractivity contribution in [2.75, 3.05) is 13.1 Å². The summed E-state index contributed by atoms with van der Waals surface area (Å²) in [6.07, 6.45) is 4.71. The lowest BCUT2D eigenvalue weighted by Gasteiger charge is -2.13. The summed E-state index contributed by atoms with van der Waals surface area (Å²) in [5, 5.41) is 22.9. The Labute approximate surface area is 104 Å². The maximum absolute atomic E-state index is 9.97. The summed E-state index contributed by atoms with van der Waals surface area (Å²) in [5.74, 6) is 0.152. The van der Waals surface area contributed by atoms with E-state index >= 15 is 0 Å². The van der Waals surface area contributed by atoms with Crippen molar-refractivity contribution >= 4 is 16.5 Å². The Bertz CT molecular complexity index is 677. The standard InChI is InChI=1S/C14H12N2O2/c15-6-9-3-4-12(17)13-11(8-18-14(9)13)10-2-1-5-16-7-10/h2-4,8,16-17H,1,5,7H2. The first-order valence-electron chi connectivity index (χ1n) is 5.84. The maximum atomic E-state index is 9.97. The maximum Gasteiger partial charge on any atom is 0.155 e. The van der Waals surface area contributed by atoms with Crippen LogP contribution in [-0.2, 0) is 0 Å². The van der Waals surface area contributed by atoms with Gasteiger partial charge in [-0.3, -0.25) is 0 Å². The Morgan fingerprint density at radius 3 is 3.00 bits per heavy atom. The Balaban J connectivity index is 2.26. The van der Waals surface area contributed by atoms with Gasteiger partial charge in [0.2, 0.25) is 0 Å². The van der Waals surface area contributed by atoms with Crippen molar-refractivity contribution in [2.24, 2.45) is 0 Å². The zero-order chi connectivity index (χ0) is 12.5. The van der Waals surface area contributed by atoms with Crippen LogP contribution in [0.5, 0.6) is 5.75 Å². The van der Waals surface area contributed by atoms with E-state index in [-0.39, 0.29) is 5.75 Å². The topological polar surface area (TPSA) is 69.2 Å². The van der Waals surface area contributed by atoms with E-state index in [1.807, 2.05) is 0 Å². The highest BCUT2D eigenvalue weighted by Gasteiger charge is 2.17. The summed E-state index contributed by atoms with van der Waals surface area (Å²) in [6, 6.07) is 5.18. The normalized spacial score (nSPS) is 15.4. The van der Waals surface area contributed by atoms with Crippen molar-refractivity contribution in [2.45, 2.75) is 6.42 Å². The van der Waals surface area contributed by atoms with Gasteiger partial charge in [-0.15, -0.1) is 0 Å². The monoisotopic (exact) mass is 240 g/mol. The predicted molar refractivity (Wildman–Crippen MR) is 68.1 cm³/mol. The van der Waals surface area contributed by atoms with E-state index in [9.17, 15) is 5.11 Å². The summed E-state index contributed by atoms with van der Waals surface area (Å²) >= 11 is 0. The summed E-state index contributed by atoms with van der Waals surface area (Å²) in [7, 11) is 0. The van der Waals surface area contributed by atoms with Crippen LogP contribution in [0.4, 0.5) is 0 Å².